The zero-order chi connectivity index (χ0) is 52.1. The molecule has 0 saturated carbocycles. The van der Waals surface area contributed by atoms with E-state index in [1.54, 1.807) is 54.7 Å². The number of aromatic hydroxyl groups is 1. The van der Waals surface area contributed by atoms with Crippen molar-refractivity contribution in [1.29, 1.82) is 0 Å². The first-order valence-corrected chi connectivity index (χ1v) is 20.6. The van der Waals surface area contributed by atoms with Crippen LogP contribution in [0.15, 0.2) is 117 Å². The van der Waals surface area contributed by atoms with Crippen molar-refractivity contribution in [2.45, 2.75) is 43.5 Å². The largest absolute Gasteiger partial charge is 0.508 e. The van der Waals surface area contributed by atoms with Gasteiger partial charge in [0.1, 0.15) is 11.8 Å². The highest BCUT2D eigenvalue weighted by Gasteiger charge is 2.35. The molecule has 372 valence electrons. The number of amides is 6. The van der Waals surface area contributed by atoms with Crippen LogP contribution in [0.5, 0.6) is 5.75 Å². The van der Waals surface area contributed by atoms with Crippen LogP contribution in [0.2, 0.25) is 0 Å². The summed E-state index contributed by atoms with van der Waals surface area (Å²) in [6.07, 6.45) is -8.83. The summed E-state index contributed by atoms with van der Waals surface area (Å²) in [6.45, 7) is -0.305. The van der Waals surface area contributed by atoms with E-state index >= 15 is 0 Å². The van der Waals surface area contributed by atoms with Gasteiger partial charge in [0.15, 0.2) is 23.8 Å². The van der Waals surface area contributed by atoms with E-state index in [1.165, 1.54) is 41.3 Å². The molecule has 71 heavy (non-hydrogen) atoms. The van der Waals surface area contributed by atoms with Crippen molar-refractivity contribution < 1.29 is 39.0 Å². The monoisotopic (exact) mass is 977 g/mol. The van der Waals surface area contributed by atoms with E-state index in [4.69, 9.17) is 57.3 Å². The first-order chi connectivity index (χ1) is 33.6. The number of hydrogen-bond acceptors (Lipinski definition) is 15. The number of guanidine groups is 4. The molecule has 0 aliphatic rings. The Labute approximate surface area is 401 Å². The number of rotatable bonds is 20. The zero-order valence-corrected chi connectivity index (χ0v) is 37.2. The third kappa shape index (κ3) is 13.5. The fraction of sp³-hybridized carbons (Fsp3) is 0.167. The Hall–Kier alpha value is -10.2. The van der Waals surface area contributed by atoms with Crippen LogP contribution in [0, 0.1) is 0 Å². The molecular weight excluding hydrogens is 927 g/mol. The number of benzene rings is 4. The number of anilines is 2. The van der Waals surface area contributed by atoms with Gasteiger partial charge in [0, 0.05) is 17.1 Å². The molecule has 1 aromatic heterocycles. The van der Waals surface area contributed by atoms with Gasteiger partial charge in [-0.25, -0.2) is 20.0 Å². The molecule has 0 bridgehead atoms. The minimum absolute atomic E-state index is 0.115. The molecule has 29 heteroatoms. The van der Waals surface area contributed by atoms with Gasteiger partial charge in [-0.2, -0.15) is 0 Å². The van der Waals surface area contributed by atoms with E-state index in [-0.39, 0.29) is 29.2 Å². The summed E-state index contributed by atoms with van der Waals surface area (Å²) in [7, 11) is 0. The molecule has 0 aliphatic carbocycles. The van der Waals surface area contributed by atoms with E-state index in [0.29, 0.717) is 21.9 Å². The number of aliphatic hydroxyl groups excluding tert-OH is 1. The number of nitrogens with two attached hydrogens (primary N) is 10. The minimum Gasteiger partial charge on any atom is -0.508 e. The Balaban J connectivity index is 1.45. The molecule has 0 saturated heterocycles. The molecule has 6 atom stereocenters. The quantitative estimate of drug-likeness (QED) is 0.0149. The number of primary amides is 1. The molecule has 6 amide bonds. The van der Waals surface area contributed by atoms with Gasteiger partial charge >= 0.3 is 0 Å². The first kappa shape index (κ1) is 51.8. The van der Waals surface area contributed by atoms with E-state index in [9.17, 15) is 39.0 Å². The van der Waals surface area contributed by atoms with Gasteiger partial charge in [-0.15, -0.1) is 0 Å². The molecule has 0 spiro atoms. The highest BCUT2D eigenvalue weighted by Crippen LogP contribution is 2.36. The third-order valence-electron chi connectivity index (χ3n) is 9.91. The molecule has 4 aromatic carbocycles. The first-order valence-electron chi connectivity index (χ1n) is 20.6. The number of phenolic OH excluding ortho intramolecular Hbond substituents is 1. The molecular formula is C42H51N21O8. The van der Waals surface area contributed by atoms with Gasteiger partial charge in [0.2, 0.25) is 36.8 Å². The van der Waals surface area contributed by atoms with Crippen molar-refractivity contribution in [3.8, 4) is 5.75 Å². The van der Waals surface area contributed by atoms with Crippen LogP contribution >= 0.6 is 0 Å². The highest BCUT2D eigenvalue weighted by atomic mass is 16.3. The van der Waals surface area contributed by atoms with Crippen molar-refractivity contribution in [2.75, 3.05) is 10.6 Å². The Morgan fingerprint density at radius 3 is 1.59 bits per heavy atom. The number of hydrogen-bond donors (Lipinski definition) is 17. The fourth-order valence-electron chi connectivity index (χ4n) is 6.77. The second-order valence-corrected chi connectivity index (χ2v) is 15.0. The lowest BCUT2D eigenvalue weighted by molar-refractivity contribution is -0.136. The number of phenols is 1. The smallest absolute Gasteiger partial charge is 0.270 e. The van der Waals surface area contributed by atoms with Crippen molar-refractivity contribution in [3.05, 3.63) is 108 Å². The van der Waals surface area contributed by atoms with Crippen LogP contribution in [0.1, 0.15) is 17.2 Å². The van der Waals surface area contributed by atoms with Crippen LogP contribution in [-0.4, -0.2) is 105 Å². The Bertz CT molecular complexity index is 2940. The topological polar surface area (TPSA) is 529 Å². The molecule has 27 N–H and O–H groups in total. The van der Waals surface area contributed by atoms with Gasteiger partial charge in [-0.05, 0) is 46.7 Å². The molecule has 29 nitrogen and oxygen atoms in total. The van der Waals surface area contributed by atoms with Crippen molar-refractivity contribution in [1.82, 2.24) is 31.6 Å². The average Bonchev–Trinajstić information content (AvgIpc) is 3.31. The van der Waals surface area contributed by atoms with Crippen molar-refractivity contribution in [2.24, 2.45) is 71.6 Å². The van der Waals surface area contributed by atoms with Crippen LogP contribution in [-0.2, 0) is 35.3 Å². The van der Waals surface area contributed by atoms with Gasteiger partial charge < -0.3 is 99.0 Å². The lowest BCUT2D eigenvalue weighted by Gasteiger charge is -2.32. The summed E-state index contributed by atoms with van der Waals surface area (Å²) in [6, 6.07) is 22.6. The molecule has 1 heterocycles. The number of pyridine rings is 1. The van der Waals surface area contributed by atoms with Crippen LogP contribution < -0.4 is 88.8 Å². The SMILES string of the molecule is NC(=O)C(N=C(N)N)NC(=O)C(N=C(N)N)NC(=O)C(N=C(N)N)NC(=O)C(N=C(N)N)NC(=O)C(NC(=O)C(O)N(Cc1c(O)ccc2ccccc12)c1ccc2ncccc2c1N)c1ccccc1. The number of nitrogens with one attached hydrogen (secondary N) is 5. The molecule has 6 unspecified atom stereocenters. The maximum atomic E-state index is 14.4. The minimum atomic E-state index is -2.17. The average molecular weight is 978 g/mol. The number of aromatic nitrogens is 1. The fourth-order valence-corrected chi connectivity index (χ4v) is 6.77. The van der Waals surface area contributed by atoms with Crippen LogP contribution in [0.25, 0.3) is 21.7 Å². The molecule has 0 radical (unpaired) electrons. The van der Waals surface area contributed by atoms with Crippen LogP contribution in [0.4, 0.5) is 11.4 Å². The number of carbonyl (C=O) groups is 6. The van der Waals surface area contributed by atoms with E-state index in [2.05, 4.69) is 40.9 Å². The molecule has 0 aliphatic heterocycles. The number of fused-ring (bicyclic) bond motifs is 2. The molecule has 0 fully saturated rings. The van der Waals surface area contributed by atoms with Gasteiger partial charge in [0.05, 0.1) is 23.4 Å². The number of carbonyl (C=O) groups excluding carboxylic acids is 6. The lowest BCUT2D eigenvalue weighted by Crippen LogP contribution is -2.58. The Kier molecular flexibility index (Phi) is 16.8. The van der Waals surface area contributed by atoms with Crippen molar-refractivity contribution >= 4 is 92.3 Å². The highest BCUT2D eigenvalue weighted by molar-refractivity contribution is 6.01. The second-order valence-electron chi connectivity index (χ2n) is 15.0. The summed E-state index contributed by atoms with van der Waals surface area (Å²) in [5, 5.41) is 35.9. The molecule has 5 rings (SSSR count). The van der Waals surface area contributed by atoms with Gasteiger partial charge in [-0.1, -0.05) is 60.7 Å². The van der Waals surface area contributed by atoms with E-state index in [0.717, 1.165) is 5.39 Å². The summed E-state index contributed by atoms with van der Waals surface area (Å²) in [4.78, 5) is 101. The normalized spacial score (nSPS) is 13.3. The molecule has 5 aromatic rings. The Morgan fingerprint density at radius 1 is 0.549 bits per heavy atom. The number of nitrogen functional groups attached to an aromatic ring is 1. The van der Waals surface area contributed by atoms with Crippen molar-refractivity contribution in [3.63, 3.8) is 0 Å². The van der Waals surface area contributed by atoms with Gasteiger partial charge in [-0.3, -0.25) is 33.8 Å². The zero-order valence-electron chi connectivity index (χ0n) is 37.2. The van der Waals surface area contributed by atoms with E-state index < -0.39 is 96.2 Å². The maximum absolute atomic E-state index is 14.4. The predicted octanol–water partition coefficient (Wildman–Crippen LogP) is -5.79. The number of aliphatic hydroxyl groups is 1. The second kappa shape index (κ2) is 23.0. The maximum Gasteiger partial charge on any atom is 0.270 e. The Morgan fingerprint density at radius 2 is 1.04 bits per heavy atom. The standard InChI is InChI=1S/C42H51N21O8/c43-26-21-11-6-16-53-23(21)13-14-24(26)63(17-22-20-10-5-4-7-18(20)12-15-25(22)64)38(71)37(70)54-27(19-8-2-1-3-9-19)33(66)56-30(60-40(47)48)35(68)58-32(62-42(51)52)36(69)57-31(61-41(49)50)34(67)55-29(28(44)65)59-39(45)46/h1-16,27,29-32,38,64,71H,17,43H2,(H2,44,65)(H,54,70)(H,55,67)(H,56,66)(H,57,69)(H,58,68)(H4,45,46,59)(H4,47,48,60)(H4,49,50,61)(H4,51,52,62). The number of nitrogens with zero attached hydrogens (tertiary/aromatic N) is 6. The summed E-state index contributed by atoms with van der Waals surface area (Å²) >= 11 is 0. The summed E-state index contributed by atoms with van der Waals surface area (Å²) in [5.74, 6) is -10.8. The third-order valence-corrected chi connectivity index (χ3v) is 9.91. The summed E-state index contributed by atoms with van der Waals surface area (Å²) in [5.41, 5.74) is 56.9. The predicted molar refractivity (Wildman–Crippen MR) is 261 cm³/mol. The van der Waals surface area contributed by atoms with Gasteiger partial charge in [0.25, 0.3) is 29.5 Å². The lowest BCUT2D eigenvalue weighted by atomic mass is 10.0. The van der Waals surface area contributed by atoms with Crippen LogP contribution in [0.3, 0.4) is 0 Å². The summed E-state index contributed by atoms with van der Waals surface area (Å²) < 4.78 is 0. The van der Waals surface area contributed by atoms with E-state index in [1.807, 2.05) is 16.7 Å². The number of aliphatic imine (C=N–C) groups is 4.